The lowest BCUT2D eigenvalue weighted by Gasteiger charge is -2.13. The number of rotatable bonds is 4. The van der Waals surface area contributed by atoms with Crippen molar-refractivity contribution in [3.63, 3.8) is 0 Å². The largest absolute Gasteiger partial charge is 0.344 e. The summed E-state index contributed by atoms with van der Waals surface area (Å²) in [6, 6.07) is 29.5. The Bertz CT molecular complexity index is 1490. The maximum Gasteiger partial charge on any atom is 0.0491 e. The van der Waals surface area contributed by atoms with Gasteiger partial charge < -0.3 is 9.47 Å². The second kappa shape index (κ2) is 7.36. The SMILES string of the molecule is CN(C)Cc1cccc2c1Cc1ccc(Cc3ccc4c5ccccc5n(C)c4c3)cc1-2. The number of aryl methyl sites for hydroxylation is 1. The highest BCUT2D eigenvalue weighted by Crippen LogP contribution is 2.39. The highest BCUT2D eigenvalue weighted by molar-refractivity contribution is 6.08. The molecular formula is C30H28N2. The smallest absolute Gasteiger partial charge is 0.0491 e. The van der Waals surface area contributed by atoms with Crippen molar-refractivity contribution in [3.8, 4) is 11.1 Å². The second-order valence-corrected chi connectivity index (χ2v) is 9.45. The summed E-state index contributed by atoms with van der Waals surface area (Å²) in [6.45, 7) is 0.995. The van der Waals surface area contributed by atoms with E-state index in [1.54, 1.807) is 0 Å². The molecule has 0 saturated heterocycles. The second-order valence-electron chi connectivity index (χ2n) is 9.45. The van der Waals surface area contributed by atoms with Crippen LogP contribution in [0, 0.1) is 0 Å². The zero-order valence-corrected chi connectivity index (χ0v) is 19.0. The minimum Gasteiger partial charge on any atom is -0.344 e. The summed E-state index contributed by atoms with van der Waals surface area (Å²) >= 11 is 0. The molecule has 0 atom stereocenters. The van der Waals surface area contributed by atoms with E-state index in [9.17, 15) is 0 Å². The van der Waals surface area contributed by atoms with Crippen LogP contribution < -0.4 is 0 Å². The average molecular weight is 417 g/mol. The van der Waals surface area contributed by atoms with Gasteiger partial charge in [0.25, 0.3) is 0 Å². The molecule has 0 spiro atoms. The molecule has 0 bridgehead atoms. The van der Waals surface area contributed by atoms with Crippen LogP contribution in [0.25, 0.3) is 32.9 Å². The molecule has 158 valence electrons. The molecule has 0 amide bonds. The predicted molar refractivity (Wildman–Crippen MR) is 135 cm³/mol. The molecule has 0 radical (unpaired) electrons. The Morgan fingerprint density at radius 2 is 1.53 bits per heavy atom. The summed E-state index contributed by atoms with van der Waals surface area (Å²) < 4.78 is 2.32. The standard InChI is InChI=1S/C30H28N2/c1-31(2)19-23-7-6-9-24-27-16-20(11-13-22(27)18-28(23)24)15-21-12-14-26-25-8-4-5-10-29(25)32(3)30(26)17-21/h4-14,16-17H,15,18-19H2,1-3H3. The number of para-hydroxylation sites is 1. The van der Waals surface area contributed by atoms with E-state index in [1.165, 1.54) is 60.8 Å². The third-order valence-electron chi connectivity index (χ3n) is 6.98. The van der Waals surface area contributed by atoms with Gasteiger partial charge in [-0.05, 0) is 78.0 Å². The zero-order valence-electron chi connectivity index (χ0n) is 19.0. The number of hydrogen-bond acceptors (Lipinski definition) is 1. The van der Waals surface area contributed by atoms with Gasteiger partial charge in [-0.2, -0.15) is 0 Å². The molecule has 6 rings (SSSR count). The molecule has 2 heteroatoms. The fourth-order valence-corrected chi connectivity index (χ4v) is 5.47. The van der Waals surface area contributed by atoms with E-state index in [-0.39, 0.29) is 0 Å². The minimum atomic E-state index is 0.956. The molecule has 4 aromatic carbocycles. The van der Waals surface area contributed by atoms with Crippen LogP contribution >= 0.6 is 0 Å². The van der Waals surface area contributed by atoms with Crippen molar-refractivity contribution in [2.24, 2.45) is 7.05 Å². The van der Waals surface area contributed by atoms with Crippen LogP contribution in [0.2, 0.25) is 0 Å². The average Bonchev–Trinajstić information content (AvgIpc) is 3.30. The molecule has 1 aromatic heterocycles. The van der Waals surface area contributed by atoms with E-state index in [1.807, 2.05) is 0 Å². The first-order valence-electron chi connectivity index (χ1n) is 11.4. The van der Waals surface area contributed by atoms with Crippen LogP contribution in [0.1, 0.15) is 27.8 Å². The normalized spacial score (nSPS) is 12.6. The fourth-order valence-electron chi connectivity index (χ4n) is 5.47. The quantitative estimate of drug-likeness (QED) is 0.316. The van der Waals surface area contributed by atoms with Crippen molar-refractivity contribution in [3.05, 3.63) is 107 Å². The molecule has 0 unspecified atom stereocenters. The summed E-state index contributed by atoms with van der Waals surface area (Å²) in [6.07, 6.45) is 2.01. The van der Waals surface area contributed by atoms with Gasteiger partial charge in [0.1, 0.15) is 0 Å². The van der Waals surface area contributed by atoms with E-state index in [4.69, 9.17) is 0 Å². The van der Waals surface area contributed by atoms with Gasteiger partial charge in [0.15, 0.2) is 0 Å². The lowest BCUT2D eigenvalue weighted by atomic mass is 9.97. The van der Waals surface area contributed by atoms with Crippen LogP contribution in [0.4, 0.5) is 0 Å². The molecule has 2 nitrogen and oxygen atoms in total. The summed E-state index contributed by atoms with van der Waals surface area (Å²) in [4.78, 5) is 2.26. The third-order valence-corrected chi connectivity index (χ3v) is 6.98. The number of hydrogen-bond donors (Lipinski definition) is 0. The van der Waals surface area contributed by atoms with Gasteiger partial charge in [0, 0.05) is 35.4 Å². The monoisotopic (exact) mass is 416 g/mol. The summed E-state index contributed by atoms with van der Waals surface area (Å²) in [5.41, 5.74) is 12.6. The van der Waals surface area contributed by atoms with Crippen molar-refractivity contribution in [1.29, 1.82) is 0 Å². The number of aromatic nitrogens is 1. The maximum absolute atomic E-state index is 2.42. The first-order chi connectivity index (χ1) is 15.6. The molecule has 1 heterocycles. The number of benzene rings is 4. The Balaban J connectivity index is 1.36. The van der Waals surface area contributed by atoms with Gasteiger partial charge in [-0.25, -0.2) is 0 Å². The molecule has 32 heavy (non-hydrogen) atoms. The minimum absolute atomic E-state index is 0.956. The van der Waals surface area contributed by atoms with Crippen LogP contribution in [-0.4, -0.2) is 23.6 Å². The van der Waals surface area contributed by atoms with E-state index in [2.05, 4.69) is 109 Å². The molecular weight excluding hydrogens is 388 g/mol. The Morgan fingerprint density at radius 3 is 2.41 bits per heavy atom. The van der Waals surface area contributed by atoms with Gasteiger partial charge >= 0.3 is 0 Å². The molecule has 5 aromatic rings. The molecule has 1 aliphatic carbocycles. The summed E-state index contributed by atoms with van der Waals surface area (Å²) in [5.74, 6) is 0. The van der Waals surface area contributed by atoms with E-state index < -0.39 is 0 Å². The molecule has 1 aliphatic rings. The van der Waals surface area contributed by atoms with Crippen molar-refractivity contribution >= 4 is 21.8 Å². The number of fused-ring (bicyclic) bond motifs is 6. The Hall–Kier alpha value is -3.36. The van der Waals surface area contributed by atoms with E-state index in [0.717, 1.165) is 19.4 Å². The summed E-state index contributed by atoms with van der Waals surface area (Å²) in [5, 5.41) is 2.67. The highest BCUT2D eigenvalue weighted by atomic mass is 15.0. The van der Waals surface area contributed by atoms with Gasteiger partial charge in [0.2, 0.25) is 0 Å². The van der Waals surface area contributed by atoms with Crippen molar-refractivity contribution in [2.45, 2.75) is 19.4 Å². The first-order valence-corrected chi connectivity index (χ1v) is 11.4. The first kappa shape index (κ1) is 19.3. The van der Waals surface area contributed by atoms with Crippen LogP contribution in [-0.2, 0) is 26.4 Å². The van der Waals surface area contributed by atoms with Gasteiger partial charge in [-0.3, -0.25) is 0 Å². The molecule has 0 N–H and O–H groups in total. The third kappa shape index (κ3) is 3.06. The Kier molecular flexibility index (Phi) is 4.44. The lowest BCUT2D eigenvalue weighted by molar-refractivity contribution is 0.401. The highest BCUT2D eigenvalue weighted by Gasteiger charge is 2.21. The van der Waals surface area contributed by atoms with Crippen molar-refractivity contribution in [1.82, 2.24) is 9.47 Å². The summed E-state index contributed by atoms with van der Waals surface area (Å²) in [7, 11) is 6.46. The van der Waals surface area contributed by atoms with Crippen LogP contribution in [0.15, 0.2) is 78.9 Å². The Labute approximate surface area is 189 Å². The van der Waals surface area contributed by atoms with Crippen LogP contribution in [0.5, 0.6) is 0 Å². The van der Waals surface area contributed by atoms with Gasteiger partial charge in [0.05, 0.1) is 0 Å². The number of nitrogens with zero attached hydrogens (tertiary/aromatic N) is 2. The zero-order chi connectivity index (χ0) is 21.8. The van der Waals surface area contributed by atoms with E-state index >= 15 is 0 Å². The Morgan fingerprint density at radius 1 is 0.750 bits per heavy atom. The molecule has 0 fully saturated rings. The van der Waals surface area contributed by atoms with Crippen LogP contribution in [0.3, 0.4) is 0 Å². The maximum atomic E-state index is 2.42. The lowest BCUT2D eigenvalue weighted by Crippen LogP contribution is -2.12. The van der Waals surface area contributed by atoms with E-state index in [0.29, 0.717) is 0 Å². The van der Waals surface area contributed by atoms with Crippen molar-refractivity contribution < 1.29 is 0 Å². The van der Waals surface area contributed by atoms with Gasteiger partial charge in [-0.1, -0.05) is 66.7 Å². The predicted octanol–water partition coefficient (Wildman–Crippen LogP) is 6.56. The van der Waals surface area contributed by atoms with Gasteiger partial charge in [-0.15, -0.1) is 0 Å². The molecule has 0 aliphatic heterocycles. The van der Waals surface area contributed by atoms with Crippen molar-refractivity contribution in [2.75, 3.05) is 14.1 Å². The molecule has 0 saturated carbocycles. The topological polar surface area (TPSA) is 8.17 Å². The fraction of sp³-hybridized carbons (Fsp3) is 0.200.